The van der Waals surface area contributed by atoms with Gasteiger partial charge in [-0.25, -0.2) is 19.2 Å². The van der Waals surface area contributed by atoms with Crippen molar-refractivity contribution in [3.05, 3.63) is 53.4 Å². The van der Waals surface area contributed by atoms with Crippen molar-refractivity contribution in [2.24, 2.45) is 23.7 Å². The number of halogens is 6. The van der Waals surface area contributed by atoms with Gasteiger partial charge in [0.1, 0.15) is 11.1 Å². The summed E-state index contributed by atoms with van der Waals surface area (Å²) in [5, 5.41) is -1.50. The Morgan fingerprint density at radius 3 is 1.19 bits per heavy atom. The number of rotatable bonds is 16. The van der Waals surface area contributed by atoms with Crippen molar-refractivity contribution in [1.29, 1.82) is 0 Å². The lowest BCUT2D eigenvalue weighted by molar-refractivity contribution is -0.156. The van der Waals surface area contributed by atoms with Gasteiger partial charge >= 0.3 is 23.9 Å². The summed E-state index contributed by atoms with van der Waals surface area (Å²) in [6.45, 7) is 12.6. The molecule has 0 aliphatic rings. The SMILES string of the molecule is CCC(C)C(CC)CCOC(=O)c1c(Cl)c(Cl)cc(Cl)c1OC(=O)C(=O)Oc1c(Cl)cc(Cl)c(Cl)c1C(=O)OCCC(CC)C(C)CC. The van der Waals surface area contributed by atoms with Crippen LogP contribution in [0.1, 0.15) is 101 Å². The number of ether oxygens (including phenoxy) is 4. The predicted molar refractivity (Wildman–Crippen MR) is 190 cm³/mol. The maximum absolute atomic E-state index is 13.2. The Morgan fingerprint density at radius 2 is 0.896 bits per heavy atom. The number of carbonyl (C=O) groups excluding carboxylic acids is 4. The first-order valence-corrected chi connectivity index (χ1v) is 18.0. The van der Waals surface area contributed by atoms with Crippen LogP contribution in [0.5, 0.6) is 11.5 Å². The van der Waals surface area contributed by atoms with E-state index in [-0.39, 0.29) is 43.3 Å². The van der Waals surface area contributed by atoms with E-state index in [1.54, 1.807) is 0 Å². The normalized spacial score (nSPS) is 13.7. The lowest BCUT2D eigenvalue weighted by atomic mass is 9.87. The van der Waals surface area contributed by atoms with E-state index in [0.717, 1.165) is 37.8 Å². The molecule has 0 spiro atoms. The second-order valence-corrected chi connectivity index (χ2v) is 13.8. The quantitative estimate of drug-likeness (QED) is 0.0716. The summed E-state index contributed by atoms with van der Waals surface area (Å²) in [6, 6.07) is 2.25. The average molecular weight is 789 g/mol. The molecule has 2 aromatic rings. The maximum atomic E-state index is 13.2. The Balaban J connectivity index is 2.31. The molecule has 0 fully saturated rings. The molecular formula is C34H40Cl6O8. The van der Waals surface area contributed by atoms with Crippen molar-refractivity contribution in [3.8, 4) is 11.5 Å². The van der Waals surface area contributed by atoms with Gasteiger partial charge < -0.3 is 18.9 Å². The minimum atomic E-state index is -1.65. The summed E-state index contributed by atoms with van der Waals surface area (Å²) >= 11 is 37.5. The summed E-state index contributed by atoms with van der Waals surface area (Å²) in [7, 11) is 0. The lowest BCUT2D eigenvalue weighted by Gasteiger charge is -2.21. The Bertz CT molecular complexity index is 1370. The van der Waals surface area contributed by atoms with Gasteiger partial charge in [-0.15, -0.1) is 0 Å². The van der Waals surface area contributed by atoms with Crippen molar-refractivity contribution in [2.75, 3.05) is 13.2 Å². The van der Waals surface area contributed by atoms with Crippen LogP contribution in [0.25, 0.3) is 0 Å². The lowest BCUT2D eigenvalue weighted by Crippen LogP contribution is -2.27. The van der Waals surface area contributed by atoms with Crippen LogP contribution in [-0.2, 0) is 19.1 Å². The molecular weight excluding hydrogens is 749 g/mol. The van der Waals surface area contributed by atoms with Crippen molar-refractivity contribution in [2.45, 2.75) is 80.1 Å². The van der Waals surface area contributed by atoms with E-state index >= 15 is 0 Å². The summed E-state index contributed by atoms with van der Waals surface area (Å²) in [6.07, 6.45) is 4.87. The van der Waals surface area contributed by atoms with E-state index in [1.807, 2.05) is 0 Å². The van der Waals surface area contributed by atoms with Gasteiger partial charge in [0.15, 0.2) is 11.5 Å². The molecule has 0 amide bonds. The topological polar surface area (TPSA) is 105 Å². The third kappa shape index (κ3) is 11.0. The summed E-state index contributed by atoms with van der Waals surface area (Å²) in [5.41, 5.74) is -0.932. The van der Waals surface area contributed by atoms with Gasteiger partial charge in [-0.3, -0.25) is 0 Å². The van der Waals surface area contributed by atoms with Gasteiger partial charge in [0.2, 0.25) is 0 Å². The van der Waals surface area contributed by atoms with Crippen LogP contribution in [-0.4, -0.2) is 37.1 Å². The van der Waals surface area contributed by atoms with Crippen LogP contribution in [0, 0.1) is 23.7 Å². The van der Waals surface area contributed by atoms with E-state index in [0.29, 0.717) is 36.5 Å². The number of hydrogen-bond acceptors (Lipinski definition) is 8. The maximum Gasteiger partial charge on any atom is 0.423 e. The van der Waals surface area contributed by atoms with Crippen LogP contribution in [0.4, 0.5) is 0 Å². The molecule has 0 heterocycles. The second kappa shape index (κ2) is 20.0. The first-order valence-electron chi connectivity index (χ1n) is 15.8. The average Bonchev–Trinajstić information content (AvgIpc) is 3.05. The zero-order chi connectivity index (χ0) is 36.3. The summed E-state index contributed by atoms with van der Waals surface area (Å²) in [5.74, 6) is -4.97. The third-order valence-electron chi connectivity index (χ3n) is 8.61. The molecule has 2 rings (SSSR count). The van der Waals surface area contributed by atoms with E-state index in [1.165, 1.54) is 0 Å². The highest BCUT2D eigenvalue weighted by Crippen LogP contribution is 2.42. The van der Waals surface area contributed by atoms with Crippen LogP contribution < -0.4 is 9.47 Å². The highest BCUT2D eigenvalue weighted by molar-refractivity contribution is 6.47. The van der Waals surface area contributed by atoms with Gasteiger partial charge in [0, 0.05) is 0 Å². The standard InChI is InChI=1S/C34H40Cl6O8/c1-7-17(5)19(9-3)11-13-45-31(41)25-27(39)21(35)15-23(37)29(25)47-33(43)34(44)48-30-24(38)16-22(36)28(40)26(30)32(42)46-14-12-20(10-4)18(6)8-2/h15-20H,7-14H2,1-6H3. The van der Waals surface area contributed by atoms with Crippen LogP contribution >= 0.6 is 69.6 Å². The Morgan fingerprint density at radius 1 is 0.562 bits per heavy atom. The molecule has 48 heavy (non-hydrogen) atoms. The van der Waals surface area contributed by atoms with Gasteiger partial charge in [0.05, 0.1) is 43.3 Å². The molecule has 14 heteroatoms. The predicted octanol–water partition coefficient (Wildman–Crippen LogP) is 11.4. The van der Waals surface area contributed by atoms with Gasteiger partial charge in [-0.1, -0.05) is 137 Å². The van der Waals surface area contributed by atoms with Crippen molar-refractivity contribution >= 4 is 93.5 Å². The monoisotopic (exact) mass is 786 g/mol. The first-order chi connectivity index (χ1) is 22.6. The molecule has 0 aromatic heterocycles. The fraction of sp³-hybridized carbons (Fsp3) is 0.529. The van der Waals surface area contributed by atoms with E-state index < -0.39 is 46.5 Å². The summed E-state index contributed by atoms with van der Waals surface area (Å²) < 4.78 is 21.3. The van der Waals surface area contributed by atoms with Crippen LogP contribution in [0.3, 0.4) is 0 Å². The number of carbonyl (C=O) groups is 4. The van der Waals surface area contributed by atoms with Gasteiger partial charge in [-0.05, 0) is 48.6 Å². The molecule has 4 atom stereocenters. The number of esters is 4. The molecule has 0 saturated carbocycles. The van der Waals surface area contributed by atoms with Crippen LogP contribution in [0.2, 0.25) is 30.1 Å². The van der Waals surface area contributed by atoms with Crippen molar-refractivity contribution < 1.29 is 38.1 Å². The van der Waals surface area contributed by atoms with Gasteiger partial charge in [-0.2, -0.15) is 0 Å². The second-order valence-electron chi connectivity index (χ2n) is 11.5. The number of hydrogen-bond donors (Lipinski definition) is 0. The minimum absolute atomic E-state index is 0.0446. The minimum Gasteiger partial charge on any atom is -0.462 e. The molecule has 2 aromatic carbocycles. The Hall–Kier alpha value is -1.94. The molecule has 0 bridgehead atoms. The molecule has 0 aliphatic carbocycles. The molecule has 0 aliphatic heterocycles. The summed E-state index contributed by atoms with van der Waals surface area (Å²) in [4.78, 5) is 52.3. The van der Waals surface area contributed by atoms with Crippen molar-refractivity contribution in [1.82, 2.24) is 0 Å². The Kier molecular flexibility index (Phi) is 17.6. The molecule has 0 N–H and O–H groups in total. The fourth-order valence-electron chi connectivity index (χ4n) is 5.19. The van der Waals surface area contributed by atoms with E-state index in [4.69, 9.17) is 88.6 Å². The molecule has 4 unspecified atom stereocenters. The molecule has 8 nitrogen and oxygen atoms in total. The third-order valence-corrected chi connectivity index (χ3v) is 10.7. The molecule has 266 valence electrons. The highest BCUT2D eigenvalue weighted by atomic mass is 35.5. The smallest absolute Gasteiger partial charge is 0.423 e. The zero-order valence-corrected chi connectivity index (χ0v) is 32.2. The zero-order valence-electron chi connectivity index (χ0n) is 27.7. The van der Waals surface area contributed by atoms with Crippen molar-refractivity contribution in [3.63, 3.8) is 0 Å². The van der Waals surface area contributed by atoms with E-state index in [2.05, 4.69) is 41.5 Å². The first kappa shape index (κ1) is 42.2. The Labute approximate surface area is 311 Å². The number of benzene rings is 2. The van der Waals surface area contributed by atoms with Crippen LogP contribution in [0.15, 0.2) is 12.1 Å². The highest BCUT2D eigenvalue weighted by Gasteiger charge is 2.32. The fourth-order valence-corrected chi connectivity index (χ4v) is 6.63. The van der Waals surface area contributed by atoms with E-state index in [9.17, 15) is 19.2 Å². The largest absolute Gasteiger partial charge is 0.462 e. The molecule has 0 radical (unpaired) electrons. The molecule has 0 saturated heterocycles. The van der Waals surface area contributed by atoms with Gasteiger partial charge in [0.25, 0.3) is 0 Å².